The first-order valence-electron chi connectivity index (χ1n) is 11.0. The zero-order chi connectivity index (χ0) is 25.5. The van der Waals surface area contributed by atoms with Crippen LogP contribution in [0.4, 0.5) is 10.1 Å². The number of carbonyl (C=O) groups excluding carboxylic acids is 2. The Kier molecular flexibility index (Phi) is 7.91. The molecule has 0 atom stereocenters. The predicted octanol–water partition coefficient (Wildman–Crippen LogP) is 4.46. The Balaban J connectivity index is 1.48. The molecule has 9 nitrogen and oxygen atoms in total. The molecule has 0 saturated heterocycles. The third-order valence-corrected chi connectivity index (χ3v) is 5.56. The highest BCUT2D eigenvalue weighted by atomic mass is 32.2. The fraction of sp³-hybridized carbons (Fsp3) is 0.160. The van der Waals surface area contributed by atoms with Gasteiger partial charge in [0.25, 0.3) is 11.8 Å². The van der Waals surface area contributed by atoms with E-state index in [9.17, 15) is 14.0 Å². The number of amides is 2. The fourth-order valence-corrected chi connectivity index (χ4v) is 3.83. The van der Waals surface area contributed by atoms with Crippen LogP contribution in [0.3, 0.4) is 0 Å². The minimum absolute atomic E-state index is 0.158. The van der Waals surface area contributed by atoms with Crippen LogP contribution in [-0.2, 0) is 5.75 Å². The van der Waals surface area contributed by atoms with Gasteiger partial charge in [-0.3, -0.25) is 9.59 Å². The third-order valence-electron chi connectivity index (χ3n) is 5.00. The normalized spacial score (nSPS) is 10.6. The number of nitrogens with one attached hydrogen (secondary N) is 2. The number of benzene rings is 2. The van der Waals surface area contributed by atoms with Crippen molar-refractivity contribution in [1.82, 2.24) is 25.3 Å². The highest BCUT2D eigenvalue weighted by Crippen LogP contribution is 2.22. The van der Waals surface area contributed by atoms with E-state index >= 15 is 0 Å². The Morgan fingerprint density at radius 3 is 2.42 bits per heavy atom. The van der Waals surface area contributed by atoms with Crippen LogP contribution in [0.1, 0.15) is 33.5 Å². The number of pyridine rings is 1. The lowest BCUT2D eigenvalue weighted by Crippen LogP contribution is -2.22. The van der Waals surface area contributed by atoms with Crippen LogP contribution in [0.5, 0.6) is 11.6 Å². The molecule has 2 N–H and O–H groups in total. The number of nitrogens with zero attached hydrogens (tertiary/aromatic N) is 4. The van der Waals surface area contributed by atoms with Crippen LogP contribution in [0.15, 0.2) is 66.9 Å². The molecule has 0 saturated carbocycles. The summed E-state index contributed by atoms with van der Waals surface area (Å²) in [5, 5.41) is 13.8. The molecular weight excluding hydrogens is 483 g/mol. The summed E-state index contributed by atoms with van der Waals surface area (Å²) >= 11 is 1.53. The second-order valence-corrected chi connectivity index (χ2v) is 8.40. The Morgan fingerprint density at radius 2 is 1.78 bits per heavy atom. The molecule has 0 spiro atoms. The second kappa shape index (κ2) is 11.5. The molecule has 0 radical (unpaired) electrons. The van der Waals surface area contributed by atoms with Crippen molar-refractivity contribution < 1.29 is 18.7 Å². The van der Waals surface area contributed by atoms with Crippen molar-refractivity contribution in [3.05, 3.63) is 89.6 Å². The van der Waals surface area contributed by atoms with Gasteiger partial charge in [0.2, 0.25) is 5.88 Å². The van der Waals surface area contributed by atoms with Crippen molar-refractivity contribution in [2.45, 2.75) is 12.7 Å². The predicted molar refractivity (Wildman–Crippen MR) is 135 cm³/mol. The Labute approximate surface area is 211 Å². The van der Waals surface area contributed by atoms with E-state index in [1.165, 1.54) is 42.2 Å². The zero-order valence-corrected chi connectivity index (χ0v) is 20.4. The number of thioether (sulfide) groups is 1. The van der Waals surface area contributed by atoms with Crippen molar-refractivity contribution in [3.8, 4) is 17.3 Å². The first-order valence-corrected chi connectivity index (χ1v) is 12.4. The average molecular weight is 507 g/mol. The van der Waals surface area contributed by atoms with Gasteiger partial charge in [-0.2, -0.15) is 11.8 Å². The van der Waals surface area contributed by atoms with Crippen molar-refractivity contribution in [1.29, 1.82) is 0 Å². The highest BCUT2D eigenvalue weighted by molar-refractivity contribution is 7.97. The Morgan fingerprint density at radius 1 is 1.03 bits per heavy atom. The molecule has 4 rings (SSSR count). The van der Waals surface area contributed by atoms with Gasteiger partial charge in [0, 0.05) is 23.9 Å². The molecule has 0 aliphatic heterocycles. The number of hydrogen-bond donors (Lipinski definition) is 2. The van der Waals surface area contributed by atoms with Crippen molar-refractivity contribution in [2.75, 3.05) is 18.1 Å². The van der Waals surface area contributed by atoms with E-state index in [2.05, 4.69) is 25.9 Å². The third kappa shape index (κ3) is 5.87. The van der Waals surface area contributed by atoms with E-state index in [4.69, 9.17) is 4.74 Å². The molecule has 0 bridgehead atoms. The molecule has 184 valence electrons. The maximum Gasteiger partial charge on any atom is 0.278 e. The van der Waals surface area contributed by atoms with E-state index in [1.54, 1.807) is 41.1 Å². The summed E-state index contributed by atoms with van der Waals surface area (Å²) in [6.45, 7) is 2.40. The lowest BCUT2D eigenvalue weighted by molar-refractivity contribution is 0.0955. The lowest BCUT2D eigenvalue weighted by Gasteiger charge is -2.09. The molecule has 2 aromatic carbocycles. The summed E-state index contributed by atoms with van der Waals surface area (Å²) < 4.78 is 20.2. The van der Waals surface area contributed by atoms with Gasteiger partial charge in [-0.05, 0) is 67.8 Å². The molecule has 2 heterocycles. The maximum atomic E-state index is 13.0. The number of halogens is 1. The number of aromatic nitrogens is 4. The van der Waals surface area contributed by atoms with Crippen LogP contribution in [0.2, 0.25) is 0 Å². The molecule has 0 aliphatic carbocycles. The van der Waals surface area contributed by atoms with Crippen LogP contribution < -0.4 is 15.4 Å². The lowest BCUT2D eigenvalue weighted by atomic mass is 10.2. The minimum atomic E-state index is -0.432. The molecule has 0 aliphatic rings. The van der Waals surface area contributed by atoms with E-state index < -0.39 is 5.91 Å². The molecule has 0 unspecified atom stereocenters. The number of anilines is 1. The molecule has 4 aromatic rings. The summed E-state index contributed by atoms with van der Waals surface area (Å²) in [5.74, 6) is 0.287. The van der Waals surface area contributed by atoms with Crippen molar-refractivity contribution >= 4 is 29.3 Å². The van der Waals surface area contributed by atoms with Crippen LogP contribution in [-0.4, -0.2) is 44.6 Å². The molecule has 11 heteroatoms. The SMILES string of the molecule is CCNC(=O)c1ccc(-n2nnc(C(=O)Nc3ccc(Oc4ccc(F)cc4)nc3)c2CSC)cc1. The summed E-state index contributed by atoms with van der Waals surface area (Å²) in [6.07, 6.45) is 3.37. The van der Waals surface area contributed by atoms with Gasteiger partial charge in [-0.15, -0.1) is 5.10 Å². The number of rotatable bonds is 9. The fourth-order valence-electron chi connectivity index (χ4n) is 3.30. The Hall–Kier alpha value is -4.25. The van der Waals surface area contributed by atoms with Gasteiger partial charge < -0.3 is 15.4 Å². The van der Waals surface area contributed by atoms with Gasteiger partial charge in [-0.25, -0.2) is 14.1 Å². The van der Waals surface area contributed by atoms with Gasteiger partial charge in [0.05, 0.1) is 23.3 Å². The number of carbonyl (C=O) groups is 2. The minimum Gasteiger partial charge on any atom is -0.439 e. The monoisotopic (exact) mass is 506 g/mol. The molecule has 0 fully saturated rings. The summed E-state index contributed by atoms with van der Waals surface area (Å²) in [7, 11) is 0. The summed E-state index contributed by atoms with van der Waals surface area (Å²) in [6, 6.07) is 15.7. The van der Waals surface area contributed by atoms with E-state index in [0.29, 0.717) is 46.6 Å². The average Bonchev–Trinajstić information content (AvgIpc) is 3.31. The van der Waals surface area contributed by atoms with Gasteiger partial charge in [0.1, 0.15) is 11.6 Å². The number of ether oxygens (including phenoxy) is 1. The molecular formula is C25H23FN6O3S. The molecule has 36 heavy (non-hydrogen) atoms. The van der Waals surface area contributed by atoms with E-state index in [0.717, 1.165) is 0 Å². The van der Waals surface area contributed by atoms with Gasteiger partial charge >= 0.3 is 0 Å². The maximum absolute atomic E-state index is 13.0. The summed E-state index contributed by atoms with van der Waals surface area (Å²) in [5.41, 5.74) is 2.47. The quantitative estimate of drug-likeness (QED) is 0.345. The van der Waals surface area contributed by atoms with Crippen LogP contribution in [0.25, 0.3) is 5.69 Å². The van der Waals surface area contributed by atoms with Crippen molar-refractivity contribution in [2.24, 2.45) is 0 Å². The largest absolute Gasteiger partial charge is 0.439 e. The van der Waals surface area contributed by atoms with Crippen molar-refractivity contribution in [3.63, 3.8) is 0 Å². The summed E-state index contributed by atoms with van der Waals surface area (Å²) in [4.78, 5) is 29.2. The molecule has 2 amide bonds. The highest BCUT2D eigenvalue weighted by Gasteiger charge is 2.21. The smallest absolute Gasteiger partial charge is 0.278 e. The second-order valence-electron chi connectivity index (χ2n) is 7.53. The van der Waals surface area contributed by atoms with Gasteiger partial charge in [-0.1, -0.05) is 5.21 Å². The standard InChI is InChI=1S/C25H23FN6O3S/c1-3-27-24(33)16-4-9-19(10-5-16)32-21(15-36-2)23(30-31-32)25(34)29-18-8-13-22(28-14-18)35-20-11-6-17(26)7-12-20/h4-14H,3,15H2,1-2H3,(H,27,33)(H,29,34). The van der Waals surface area contributed by atoms with E-state index in [1.807, 2.05) is 13.2 Å². The Bertz CT molecular complexity index is 1340. The zero-order valence-electron chi connectivity index (χ0n) is 19.6. The number of hydrogen-bond acceptors (Lipinski definition) is 7. The first-order chi connectivity index (χ1) is 17.5. The van der Waals surface area contributed by atoms with Gasteiger partial charge in [0.15, 0.2) is 5.69 Å². The van der Waals surface area contributed by atoms with E-state index in [-0.39, 0.29) is 17.4 Å². The van der Waals surface area contributed by atoms with Crippen LogP contribution in [0, 0.1) is 5.82 Å². The topological polar surface area (TPSA) is 111 Å². The molecule has 2 aromatic heterocycles. The first kappa shape index (κ1) is 24.9. The van der Waals surface area contributed by atoms with Crippen LogP contribution >= 0.6 is 11.8 Å².